The predicted molar refractivity (Wildman–Crippen MR) is 183 cm³/mol. The summed E-state index contributed by atoms with van der Waals surface area (Å²) in [5, 5.41) is 4.94. The highest BCUT2D eigenvalue weighted by molar-refractivity contribution is 6.22. The van der Waals surface area contributed by atoms with Crippen LogP contribution in [-0.4, -0.2) is 4.57 Å². The van der Waals surface area contributed by atoms with Crippen LogP contribution in [0.5, 0.6) is 0 Å². The molecule has 0 saturated heterocycles. The van der Waals surface area contributed by atoms with Crippen molar-refractivity contribution in [2.45, 2.75) is 38.5 Å². The Hall–Kier alpha value is -5.08. The smallest absolute Gasteiger partial charge is 0.143 e. The van der Waals surface area contributed by atoms with Crippen LogP contribution in [-0.2, 0) is 10.8 Å². The Morgan fingerprint density at radius 1 is 0.500 bits per heavy atom. The Morgan fingerprint density at radius 3 is 2.07 bits per heavy atom. The van der Waals surface area contributed by atoms with E-state index in [9.17, 15) is 0 Å². The number of rotatable bonds is 1. The van der Waals surface area contributed by atoms with E-state index in [-0.39, 0.29) is 10.8 Å². The molecule has 0 bridgehead atoms. The van der Waals surface area contributed by atoms with Gasteiger partial charge in [-0.1, -0.05) is 113 Å². The summed E-state index contributed by atoms with van der Waals surface area (Å²) >= 11 is 0. The lowest BCUT2D eigenvalue weighted by Crippen LogP contribution is -2.15. The van der Waals surface area contributed by atoms with Crippen LogP contribution in [0.3, 0.4) is 0 Å². The summed E-state index contributed by atoms with van der Waals surface area (Å²) in [4.78, 5) is 0. The van der Waals surface area contributed by atoms with Gasteiger partial charge in [0.2, 0.25) is 0 Å². The molecule has 2 heterocycles. The minimum absolute atomic E-state index is 0.0577. The molecule has 0 atom stereocenters. The molecule has 2 heteroatoms. The monoisotopic (exact) mass is 565 g/mol. The highest BCUT2D eigenvalue weighted by Gasteiger charge is 2.40. The van der Waals surface area contributed by atoms with Crippen molar-refractivity contribution in [3.05, 3.63) is 138 Å². The lowest BCUT2D eigenvalue weighted by molar-refractivity contribution is 0.653. The molecule has 0 unspecified atom stereocenters. The zero-order valence-corrected chi connectivity index (χ0v) is 25.3. The first-order valence-corrected chi connectivity index (χ1v) is 15.6. The van der Waals surface area contributed by atoms with Crippen molar-refractivity contribution in [2.75, 3.05) is 0 Å². The zero-order valence-electron chi connectivity index (χ0n) is 25.3. The molecule has 8 aromatic rings. The van der Waals surface area contributed by atoms with Crippen molar-refractivity contribution >= 4 is 43.7 Å². The quantitative estimate of drug-likeness (QED) is 0.194. The molecule has 2 aliphatic carbocycles. The Morgan fingerprint density at radius 2 is 1.18 bits per heavy atom. The summed E-state index contributed by atoms with van der Waals surface area (Å²) in [6.45, 7) is 9.43. The van der Waals surface area contributed by atoms with Gasteiger partial charge in [0.05, 0.1) is 11.0 Å². The zero-order chi connectivity index (χ0) is 29.5. The van der Waals surface area contributed by atoms with Crippen LogP contribution >= 0.6 is 0 Å². The normalized spacial score (nSPS) is 15.6. The third-order valence-electron chi connectivity index (χ3n) is 10.8. The largest absolute Gasteiger partial charge is 0.455 e. The lowest BCUT2D eigenvalue weighted by Gasteiger charge is -2.22. The van der Waals surface area contributed by atoms with Gasteiger partial charge in [0.1, 0.15) is 11.2 Å². The van der Waals surface area contributed by atoms with E-state index in [0.29, 0.717) is 0 Å². The summed E-state index contributed by atoms with van der Waals surface area (Å²) < 4.78 is 9.18. The van der Waals surface area contributed by atoms with E-state index in [1.54, 1.807) is 0 Å². The van der Waals surface area contributed by atoms with Crippen LogP contribution in [0.2, 0.25) is 0 Å². The van der Waals surface area contributed by atoms with Crippen molar-refractivity contribution < 1.29 is 4.42 Å². The van der Waals surface area contributed by atoms with Crippen molar-refractivity contribution in [1.29, 1.82) is 0 Å². The molecule has 2 aliphatic rings. The third kappa shape index (κ3) is 2.78. The SMILES string of the molecule is CC1(C)c2ccccc2-c2ccc(-n3c4ccccc4c4c5c(ccc43)C(C)(C)c3ccc4c(oc6ccccc64)c3-5)cc21. The molecule has 6 aromatic carbocycles. The highest BCUT2D eigenvalue weighted by Crippen LogP contribution is 2.56. The van der Waals surface area contributed by atoms with Crippen LogP contribution in [0.4, 0.5) is 0 Å². The van der Waals surface area contributed by atoms with E-state index in [1.165, 1.54) is 82.8 Å². The van der Waals surface area contributed by atoms with Crippen LogP contribution in [0, 0.1) is 0 Å². The molecule has 0 fully saturated rings. The molecule has 0 aliphatic heterocycles. The number of fused-ring (bicyclic) bond motifs is 14. The Bertz CT molecular complexity index is 2550. The van der Waals surface area contributed by atoms with Gasteiger partial charge >= 0.3 is 0 Å². The molecule has 210 valence electrons. The summed E-state index contributed by atoms with van der Waals surface area (Å²) in [5.74, 6) is 0. The van der Waals surface area contributed by atoms with Gasteiger partial charge in [0.15, 0.2) is 0 Å². The summed E-state index contributed by atoms with van der Waals surface area (Å²) in [7, 11) is 0. The van der Waals surface area contributed by atoms with E-state index in [4.69, 9.17) is 4.42 Å². The predicted octanol–water partition coefficient (Wildman–Crippen LogP) is 11.3. The second kappa shape index (κ2) is 7.89. The molecular formula is C42H31NO. The van der Waals surface area contributed by atoms with Crippen molar-refractivity contribution in [3.63, 3.8) is 0 Å². The molecule has 2 aromatic heterocycles. The fraction of sp³-hybridized carbons (Fsp3) is 0.143. The fourth-order valence-corrected chi connectivity index (χ4v) is 8.65. The first-order valence-electron chi connectivity index (χ1n) is 15.6. The minimum Gasteiger partial charge on any atom is -0.455 e. The van der Waals surface area contributed by atoms with Crippen LogP contribution < -0.4 is 0 Å². The molecule has 0 saturated carbocycles. The van der Waals surface area contributed by atoms with E-state index in [0.717, 1.165) is 11.2 Å². The Kier molecular flexibility index (Phi) is 4.37. The van der Waals surface area contributed by atoms with Crippen molar-refractivity contribution in [1.82, 2.24) is 4.57 Å². The summed E-state index contributed by atoms with van der Waals surface area (Å²) in [5.41, 5.74) is 16.2. The maximum atomic E-state index is 6.70. The topological polar surface area (TPSA) is 18.1 Å². The van der Waals surface area contributed by atoms with Gasteiger partial charge in [-0.25, -0.2) is 0 Å². The number of hydrogen-bond acceptors (Lipinski definition) is 1. The summed E-state index contributed by atoms with van der Waals surface area (Å²) in [6, 6.07) is 42.6. The fourth-order valence-electron chi connectivity index (χ4n) is 8.65. The highest BCUT2D eigenvalue weighted by atomic mass is 16.3. The number of para-hydroxylation sites is 2. The maximum absolute atomic E-state index is 6.70. The van der Waals surface area contributed by atoms with E-state index < -0.39 is 0 Å². The number of hydrogen-bond donors (Lipinski definition) is 0. The summed E-state index contributed by atoms with van der Waals surface area (Å²) in [6.07, 6.45) is 0. The number of aromatic nitrogens is 1. The molecule has 44 heavy (non-hydrogen) atoms. The molecule has 0 amide bonds. The molecule has 2 nitrogen and oxygen atoms in total. The number of furan rings is 1. The van der Waals surface area contributed by atoms with E-state index in [1.807, 2.05) is 0 Å². The van der Waals surface area contributed by atoms with Gasteiger partial charge in [-0.05, 0) is 69.3 Å². The second-order valence-corrected chi connectivity index (χ2v) is 13.7. The van der Waals surface area contributed by atoms with Gasteiger partial charge in [0.25, 0.3) is 0 Å². The second-order valence-electron chi connectivity index (χ2n) is 13.7. The van der Waals surface area contributed by atoms with Crippen LogP contribution in [0.25, 0.3) is 71.7 Å². The van der Waals surface area contributed by atoms with Gasteiger partial charge in [-0.2, -0.15) is 0 Å². The number of nitrogens with zero attached hydrogens (tertiary/aromatic N) is 1. The standard InChI is InChI=1S/C42H31NO/c1-41(2)30-14-8-5-11-25(30)26-18-17-24(23-33(26)41)43-34-15-9-6-13-29(34)37-35(43)22-21-31-38(37)39-32(42(31,3)4)20-19-28-27-12-7-10-16-36(27)44-40(28)39/h5-23H,1-4H3. The van der Waals surface area contributed by atoms with E-state index >= 15 is 0 Å². The Balaban J connectivity index is 1.32. The van der Waals surface area contributed by atoms with Crippen molar-refractivity contribution in [2.24, 2.45) is 0 Å². The third-order valence-corrected chi connectivity index (χ3v) is 10.8. The van der Waals surface area contributed by atoms with Gasteiger partial charge in [-0.15, -0.1) is 0 Å². The van der Waals surface area contributed by atoms with E-state index in [2.05, 4.69) is 148 Å². The van der Waals surface area contributed by atoms with Gasteiger partial charge < -0.3 is 8.98 Å². The van der Waals surface area contributed by atoms with Crippen LogP contribution in [0.15, 0.2) is 120 Å². The molecular weight excluding hydrogens is 534 g/mol. The lowest BCUT2D eigenvalue weighted by atomic mass is 9.82. The van der Waals surface area contributed by atoms with Crippen molar-refractivity contribution in [3.8, 4) is 27.9 Å². The molecule has 0 spiro atoms. The molecule has 0 N–H and O–H groups in total. The van der Waals surface area contributed by atoms with Gasteiger partial charge in [-0.3, -0.25) is 0 Å². The average Bonchev–Trinajstić information content (AvgIpc) is 3.72. The van der Waals surface area contributed by atoms with Gasteiger partial charge in [0, 0.05) is 43.6 Å². The van der Waals surface area contributed by atoms with Crippen LogP contribution in [0.1, 0.15) is 49.9 Å². The molecule has 0 radical (unpaired) electrons. The number of benzene rings is 6. The first-order chi connectivity index (χ1) is 21.4. The minimum atomic E-state index is -0.140. The molecule has 10 rings (SSSR count). The maximum Gasteiger partial charge on any atom is 0.143 e. The average molecular weight is 566 g/mol. The Labute approximate surface area is 256 Å². The first kappa shape index (κ1) is 24.4.